The zero-order valence-electron chi connectivity index (χ0n) is 10.3. The Bertz CT molecular complexity index is 472. The van der Waals surface area contributed by atoms with Crippen molar-refractivity contribution in [3.8, 4) is 0 Å². The van der Waals surface area contributed by atoms with Gasteiger partial charge in [0.1, 0.15) is 6.33 Å². The summed E-state index contributed by atoms with van der Waals surface area (Å²) in [5.41, 5.74) is 1.06. The van der Waals surface area contributed by atoms with Crippen molar-refractivity contribution in [1.82, 2.24) is 15.3 Å². The molecule has 0 saturated heterocycles. The summed E-state index contributed by atoms with van der Waals surface area (Å²) in [7, 11) is 0. The van der Waals surface area contributed by atoms with Gasteiger partial charge in [-0.2, -0.15) is 0 Å². The van der Waals surface area contributed by atoms with Crippen LogP contribution in [0.5, 0.6) is 0 Å². The van der Waals surface area contributed by atoms with Gasteiger partial charge in [-0.1, -0.05) is 6.92 Å². The summed E-state index contributed by atoms with van der Waals surface area (Å²) in [5.74, 6) is 0. The van der Waals surface area contributed by atoms with E-state index in [1.165, 1.54) is 4.88 Å². The smallest absolute Gasteiger partial charge is 0.115 e. The van der Waals surface area contributed by atoms with Crippen LogP contribution in [0.25, 0.3) is 0 Å². The minimum atomic E-state index is 0.262. The zero-order valence-corrected chi connectivity index (χ0v) is 12.7. The fourth-order valence-corrected chi connectivity index (χ4v) is 3.27. The van der Waals surface area contributed by atoms with Crippen molar-refractivity contribution in [2.45, 2.75) is 25.8 Å². The second kappa shape index (κ2) is 6.97. The number of hydrogen-bond donors (Lipinski definition) is 1. The molecule has 1 atom stereocenters. The van der Waals surface area contributed by atoms with Gasteiger partial charge in [-0.25, -0.2) is 9.97 Å². The number of aromatic nitrogens is 2. The molecule has 1 unspecified atom stereocenters. The summed E-state index contributed by atoms with van der Waals surface area (Å²) in [5, 5.41) is 5.66. The molecule has 0 spiro atoms. The normalized spacial score (nSPS) is 12.6. The van der Waals surface area contributed by atoms with Crippen molar-refractivity contribution in [1.29, 1.82) is 0 Å². The monoisotopic (exact) mass is 325 g/mol. The number of nitrogens with zero attached hydrogens (tertiary/aromatic N) is 2. The Kier molecular flexibility index (Phi) is 5.28. The third-order valence-corrected chi connectivity index (χ3v) is 4.35. The first-order valence-corrected chi connectivity index (χ1v) is 7.69. The van der Waals surface area contributed by atoms with Gasteiger partial charge in [0.25, 0.3) is 0 Å². The Balaban J connectivity index is 2.10. The highest BCUT2D eigenvalue weighted by molar-refractivity contribution is 9.10. The fraction of sp³-hybridized carbons (Fsp3) is 0.385. The first kappa shape index (κ1) is 13.6. The van der Waals surface area contributed by atoms with Crippen LogP contribution in [0.15, 0.2) is 34.5 Å². The Hall–Kier alpha value is -0.780. The minimum Gasteiger partial charge on any atom is -0.308 e. The van der Waals surface area contributed by atoms with E-state index in [-0.39, 0.29) is 6.04 Å². The maximum atomic E-state index is 4.35. The summed E-state index contributed by atoms with van der Waals surface area (Å²) in [4.78, 5) is 9.69. The van der Waals surface area contributed by atoms with Crippen LogP contribution in [-0.4, -0.2) is 16.5 Å². The standard InChI is InChI=1S/C13H16BrN3S/c1-2-4-16-13(12-3-5-15-9-17-12)7-11-6-10(14)8-18-11/h3,5-6,8-9,13,16H,2,4,7H2,1H3. The molecule has 0 amide bonds. The molecule has 0 saturated carbocycles. The van der Waals surface area contributed by atoms with Crippen LogP contribution in [0, 0.1) is 0 Å². The lowest BCUT2D eigenvalue weighted by Gasteiger charge is -2.16. The summed E-state index contributed by atoms with van der Waals surface area (Å²) in [6.45, 7) is 3.17. The van der Waals surface area contributed by atoms with E-state index < -0.39 is 0 Å². The van der Waals surface area contributed by atoms with Gasteiger partial charge >= 0.3 is 0 Å². The molecule has 0 bridgehead atoms. The highest BCUT2D eigenvalue weighted by Crippen LogP contribution is 2.24. The Morgan fingerprint density at radius 1 is 1.50 bits per heavy atom. The summed E-state index contributed by atoms with van der Waals surface area (Å²) in [6, 6.07) is 4.42. The lowest BCUT2D eigenvalue weighted by atomic mass is 10.1. The molecule has 0 radical (unpaired) electrons. The first-order valence-electron chi connectivity index (χ1n) is 6.01. The molecule has 0 aliphatic rings. The highest BCUT2D eigenvalue weighted by Gasteiger charge is 2.13. The summed E-state index contributed by atoms with van der Waals surface area (Å²) in [6.07, 6.45) is 5.50. The van der Waals surface area contributed by atoms with Gasteiger partial charge < -0.3 is 5.32 Å². The molecule has 2 rings (SSSR count). The number of rotatable bonds is 6. The number of nitrogens with one attached hydrogen (secondary N) is 1. The maximum absolute atomic E-state index is 4.35. The number of hydrogen-bond acceptors (Lipinski definition) is 4. The van der Waals surface area contributed by atoms with Gasteiger partial charge in [0.15, 0.2) is 0 Å². The lowest BCUT2D eigenvalue weighted by molar-refractivity contribution is 0.519. The van der Waals surface area contributed by atoms with E-state index in [1.54, 1.807) is 23.9 Å². The van der Waals surface area contributed by atoms with Crippen molar-refractivity contribution in [2.75, 3.05) is 6.54 Å². The average molecular weight is 326 g/mol. The molecular formula is C13H16BrN3S. The third kappa shape index (κ3) is 3.86. The van der Waals surface area contributed by atoms with Crippen molar-refractivity contribution in [2.24, 2.45) is 0 Å². The third-order valence-electron chi connectivity index (χ3n) is 2.63. The predicted octanol–water partition coefficient (Wildman–Crippen LogP) is 3.58. The number of thiophene rings is 1. The molecule has 0 aromatic carbocycles. The Labute approximate surface area is 120 Å². The molecule has 3 nitrogen and oxygen atoms in total. The SMILES string of the molecule is CCCNC(Cc1cc(Br)cs1)c1ccncn1. The molecule has 2 heterocycles. The molecule has 5 heteroatoms. The van der Waals surface area contributed by atoms with Crippen molar-refractivity contribution in [3.05, 3.63) is 45.1 Å². The molecule has 18 heavy (non-hydrogen) atoms. The van der Waals surface area contributed by atoms with E-state index in [2.05, 4.69) is 49.6 Å². The molecule has 0 aliphatic heterocycles. The topological polar surface area (TPSA) is 37.8 Å². The summed E-state index contributed by atoms with van der Waals surface area (Å²) < 4.78 is 1.15. The van der Waals surface area contributed by atoms with E-state index in [0.29, 0.717) is 0 Å². The van der Waals surface area contributed by atoms with Crippen LogP contribution in [0.4, 0.5) is 0 Å². The molecule has 2 aromatic heterocycles. The van der Waals surface area contributed by atoms with Crippen molar-refractivity contribution >= 4 is 27.3 Å². The second-order valence-corrected chi connectivity index (χ2v) is 5.99. The second-order valence-electron chi connectivity index (χ2n) is 4.08. The van der Waals surface area contributed by atoms with Crippen LogP contribution in [0.3, 0.4) is 0 Å². The highest BCUT2D eigenvalue weighted by atomic mass is 79.9. The molecule has 96 valence electrons. The largest absolute Gasteiger partial charge is 0.308 e. The minimum absolute atomic E-state index is 0.262. The molecular weight excluding hydrogens is 310 g/mol. The molecule has 0 aliphatic carbocycles. The van der Waals surface area contributed by atoms with Gasteiger partial charge in [0.2, 0.25) is 0 Å². The Morgan fingerprint density at radius 2 is 2.39 bits per heavy atom. The van der Waals surface area contributed by atoms with Crippen LogP contribution < -0.4 is 5.32 Å². The van der Waals surface area contributed by atoms with Gasteiger partial charge in [-0.15, -0.1) is 11.3 Å². The van der Waals surface area contributed by atoms with Crippen molar-refractivity contribution < 1.29 is 0 Å². The van der Waals surface area contributed by atoms with Crippen LogP contribution in [0.1, 0.15) is 30.0 Å². The molecule has 0 fully saturated rings. The molecule has 1 N–H and O–H groups in total. The predicted molar refractivity (Wildman–Crippen MR) is 78.8 cm³/mol. The number of halogens is 1. The fourth-order valence-electron chi connectivity index (χ4n) is 1.77. The first-order chi connectivity index (χ1) is 8.79. The van der Waals surface area contributed by atoms with E-state index >= 15 is 0 Å². The quantitative estimate of drug-likeness (QED) is 0.882. The maximum Gasteiger partial charge on any atom is 0.115 e. The van der Waals surface area contributed by atoms with Crippen LogP contribution in [-0.2, 0) is 6.42 Å². The summed E-state index contributed by atoms with van der Waals surface area (Å²) >= 11 is 5.27. The van der Waals surface area contributed by atoms with Crippen molar-refractivity contribution in [3.63, 3.8) is 0 Å². The van der Waals surface area contributed by atoms with E-state index in [9.17, 15) is 0 Å². The van der Waals surface area contributed by atoms with Crippen LogP contribution in [0.2, 0.25) is 0 Å². The lowest BCUT2D eigenvalue weighted by Crippen LogP contribution is -2.24. The van der Waals surface area contributed by atoms with Gasteiger partial charge in [-0.3, -0.25) is 0 Å². The van der Waals surface area contributed by atoms with E-state index in [0.717, 1.165) is 29.6 Å². The van der Waals surface area contributed by atoms with E-state index in [4.69, 9.17) is 0 Å². The van der Waals surface area contributed by atoms with Gasteiger partial charge in [0, 0.05) is 27.3 Å². The van der Waals surface area contributed by atoms with E-state index in [1.807, 2.05) is 6.07 Å². The van der Waals surface area contributed by atoms with Gasteiger partial charge in [0.05, 0.1) is 11.7 Å². The van der Waals surface area contributed by atoms with Crippen LogP contribution >= 0.6 is 27.3 Å². The molecule has 2 aromatic rings. The zero-order chi connectivity index (χ0) is 12.8. The Morgan fingerprint density at radius 3 is 3.00 bits per heavy atom. The average Bonchev–Trinajstić information content (AvgIpc) is 2.81. The van der Waals surface area contributed by atoms with Gasteiger partial charge in [-0.05, 0) is 41.0 Å².